The second-order valence-electron chi connectivity index (χ2n) is 7.46. The Hall–Kier alpha value is -0.530. The maximum absolute atomic E-state index is 10.6. The van der Waals surface area contributed by atoms with Gasteiger partial charge in [-0.05, 0) is 56.8 Å². The molecule has 1 saturated carbocycles. The van der Waals surface area contributed by atoms with E-state index in [9.17, 15) is 5.11 Å². The number of nitrogens with zero attached hydrogens (tertiary/aromatic N) is 1. The van der Waals surface area contributed by atoms with Crippen LogP contribution in [0, 0.1) is 5.92 Å². The second kappa shape index (κ2) is 5.23. The average Bonchev–Trinajstić information content (AvgIpc) is 2.88. The van der Waals surface area contributed by atoms with Crippen molar-refractivity contribution >= 4 is 24.0 Å². The molecule has 1 aromatic carbocycles. The summed E-state index contributed by atoms with van der Waals surface area (Å²) in [5.74, 6) is 2.34. The van der Waals surface area contributed by atoms with Gasteiger partial charge >= 0.3 is 0 Å². The minimum Gasteiger partial charge on any atom is -0.493 e. The van der Waals surface area contributed by atoms with E-state index in [0.717, 1.165) is 43.7 Å². The Labute approximate surface area is 154 Å². The van der Waals surface area contributed by atoms with Crippen LogP contribution in [0.25, 0.3) is 0 Å². The van der Waals surface area contributed by atoms with Gasteiger partial charge in [-0.25, -0.2) is 0 Å². The van der Waals surface area contributed by atoms with Crippen LogP contribution < -0.4 is 9.47 Å². The van der Waals surface area contributed by atoms with Crippen LogP contribution in [-0.4, -0.2) is 49.0 Å². The molecule has 5 rings (SSSR count). The van der Waals surface area contributed by atoms with Gasteiger partial charge in [0.1, 0.15) is 6.10 Å². The Morgan fingerprint density at radius 1 is 1.35 bits per heavy atom. The fourth-order valence-electron chi connectivity index (χ4n) is 5.86. The Bertz CT molecular complexity index is 651. The van der Waals surface area contributed by atoms with Crippen molar-refractivity contribution in [2.24, 2.45) is 5.92 Å². The van der Waals surface area contributed by atoms with Gasteiger partial charge in [-0.2, -0.15) is 0 Å². The maximum atomic E-state index is 10.6. The van der Waals surface area contributed by atoms with E-state index in [1.54, 1.807) is 7.11 Å². The summed E-state index contributed by atoms with van der Waals surface area (Å²) in [4.78, 5) is 2.52. The SMILES string of the molecule is COc1ccc2c3c1O[C@H]1[C@@H](O)CC[C@H]4[C@@H](C2)N(C)CC[C@@]341.I. The standard InChI is InChI=1S/C18H23NO3.HI/c1-19-8-7-18-11-4-5-13(20)17(18)22-16-14(21-2)6-3-10(15(16)18)9-12(11)19;/h3,6,11-13,17,20H,4-5,7-9H2,1-2H3;1H/t11-,12+,13-,17-,18-;/m0./s1. The van der Waals surface area contributed by atoms with Crippen LogP contribution in [0.4, 0.5) is 0 Å². The fourth-order valence-corrected chi connectivity index (χ4v) is 5.86. The van der Waals surface area contributed by atoms with E-state index in [1.807, 2.05) is 6.07 Å². The molecule has 126 valence electrons. The van der Waals surface area contributed by atoms with E-state index in [0.29, 0.717) is 12.0 Å². The number of hydrogen-bond donors (Lipinski definition) is 1. The number of aliphatic hydroxyl groups is 1. The molecule has 2 aliphatic carbocycles. The number of halogens is 1. The molecule has 2 fully saturated rings. The topological polar surface area (TPSA) is 41.9 Å². The highest BCUT2D eigenvalue weighted by atomic mass is 127. The molecule has 5 atom stereocenters. The number of hydrogen-bond acceptors (Lipinski definition) is 4. The van der Waals surface area contributed by atoms with Crippen LogP contribution in [-0.2, 0) is 11.8 Å². The van der Waals surface area contributed by atoms with E-state index in [1.165, 1.54) is 11.1 Å². The molecule has 0 amide bonds. The Kier molecular flexibility index (Phi) is 3.63. The molecule has 1 aromatic rings. The molecule has 4 aliphatic rings. The van der Waals surface area contributed by atoms with Crippen molar-refractivity contribution in [3.8, 4) is 11.5 Å². The molecule has 1 saturated heterocycles. The summed E-state index contributed by atoms with van der Waals surface area (Å²) in [5.41, 5.74) is 2.77. The first-order chi connectivity index (χ1) is 10.7. The van der Waals surface area contributed by atoms with Crippen LogP contribution in [0.3, 0.4) is 0 Å². The van der Waals surface area contributed by atoms with Gasteiger partial charge in [0, 0.05) is 17.0 Å². The van der Waals surface area contributed by atoms with Gasteiger partial charge in [0.15, 0.2) is 11.5 Å². The Morgan fingerprint density at radius 3 is 2.96 bits per heavy atom. The second-order valence-corrected chi connectivity index (χ2v) is 7.46. The fraction of sp³-hybridized carbons (Fsp3) is 0.667. The zero-order valence-electron chi connectivity index (χ0n) is 13.6. The molecule has 0 unspecified atom stereocenters. The number of aliphatic hydroxyl groups excluding tert-OH is 1. The van der Waals surface area contributed by atoms with Gasteiger partial charge in [0.05, 0.1) is 13.2 Å². The Morgan fingerprint density at radius 2 is 2.17 bits per heavy atom. The van der Waals surface area contributed by atoms with Crippen molar-refractivity contribution in [2.75, 3.05) is 20.7 Å². The lowest BCUT2D eigenvalue weighted by molar-refractivity contribution is -0.0993. The van der Waals surface area contributed by atoms with Crippen molar-refractivity contribution in [1.82, 2.24) is 4.90 Å². The highest BCUT2D eigenvalue weighted by molar-refractivity contribution is 14.0. The lowest BCUT2D eigenvalue weighted by Gasteiger charge is -2.58. The largest absolute Gasteiger partial charge is 0.493 e. The highest BCUT2D eigenvalue weighted by Gasteiger charge is 2.65. The molecule has 23 heavy (non-hydrogen) atoms. The van der Waals surface area contributed by atoms with Crippen molar-refractivity contribution in [3.05, 3.63) is 23.3 Å². The van der Waals surface area contributed by atoms with E-state index in [2.05, 4.69) is 18.0 Å². The number of ether oxygens (including phenoxy) is 2. The number of piperidine rings is 1. The summed E-state index contributed by atoms with van der Waals surface area (Å²) in [7, 11) is 3.96. The van der Waals surface area contributed by atoms with Crippen molar-refractivity contribution in [3.63, 3.8) is 0 Å². The number of rotatable bonds is 1. The molecule has 2 bridgehead atoms. The minimum atomic E-state index is -0.358. The summed E-state index contributed by atoms with van der Waals surface area (Å²) in [6, 6.07) is 4.83. The third kappa shape index (κ3) is 1.79. The average molecular weight is 429 g/mol. The molecular formula is C18H24INO3. The molecule has 1 N–H and O–H groups in total. The predicted molar refractivity (Wildman–Crippen MR) is 98.0 cm³/mol. The highest BCUT2D eigenvalue weighted by Crippen LogP contribution is 2.63. The smallest absolute Gasteiger partial charge is 0.165 e. The minimum absolute atomic E-state index is 0. The molecule has 0 radical (unpaired) electrons. The third-order valence-electron chi connectivity index (χ3n) is 6.77. The van der Waals surface area contributed by atoms with Gasteiger partial charge in [-0.1, -0.05) is 6.07 Å². The van der Waals surface area contributed by atoms with Crippen LogP contribution in [0.2, 0.25) is 0 Å². The zero-order chi connectivity index (χ0) is 15.1. The van der Waals surface area contributed by atoms with Gasteiger partial charge in [0.2, 0.25) is 0 Å². The Balaban J connectivity index is 0.00000135. The molecular weight excluding hydrogens is 405 g/mol. The van der Waals surface area contributed by atoms with Gasteiger partial charge in [0.25, 0.3) is 0 Å². The van der Waals surface area contributed by atoms with Crippen LogP contribution in [0.15, 0.2) is 12.1 Å². The lowest BCUT2D eigenvalue weighted by Crippen LogP contribution is -2.66. The van der Waals surface area contributed by atoms with Gasteiger partial charge in [-0.3, -0.25) is 0 Å². The van der Waals surface area contributed by atoms with E-state index < -0.39 is 0 Å². The van der Waals surface area contributed by atoms with E-state index in [4.69, 9.17) is 9.47 Å². The summed E-state index contributed by atoms with van der Waals surface area (Å²) in [5, 5.41) is 10.6. The third-order valence-corrected chi connectivity index (χ3v) is 6.77. The zero-order valence-corrected chi connectivity index (χ0v) is 15.9. The summed E-state index contributed by atoms with van der Waals surface area (Å²) < 4.78 is 11.9. The summed E-state index contributed by atoms with van der Waals surface area (Å²) in [6.45, 7) is 1.09. The first-order valence-electron chi connectivity index (χ1n) is 8.42. The molecule has 2 aliphatic heterocycles. The molecule has 5 heteroatoms. The van der Waals surface area contributed by atoms with Crippen LogP contribution in [0.1, 0.15) is 30.4 Å². The van der Waals surface area contributed by atoms with Crippen molar-refractivity contribution in [2.45, 2.75) is 49.3 Å². The van der Waals surface area contributed by atoms with Gasteiger partial charge in [-0.15, -0.1) is 24.0 Å². The van der Waals surface area contributed by atoms with Crippen LogP contribution >= 0.6 is 24.0 Å². The van der Waals surface area contributed by atoms with Crippen molar-refractivity contribution < 1.29 is 14.6 Å². The molecule has 4 nitrogen and oxygen atoms in total. The summed E-state index contributed by atoms with van der Waals surface area (Å²) in [6.07, 6.45) is 3.69. The number of benzene rings is 1. The molecule has 2 heterocycles. The number of likely N-dealkylation sites (N-methyl/N-ethyl adjacent to an activating group) is 1. The first kappa shape index (κ1) is 16.0. The normalized spacial score (nSPS) is 40.0. The summed E-state index contributed by atoms with van der Waals surface area (Å²) >= 11 is 0. The maximum Gasteiger partial charge on any atom is 0.165 e. The van der Waals surface area contributed by atoms with E-state index >= 15 is 0 Å². The quantitative estimate of drug-likeness (QED) is 0.697. The van der Waals surface area contributed by atoms with E-state index in [-0.39, 0.29) is 41.6 Å². The number of methoxy groups -OCH3 is 1. The van der Waals surface area contributed by atoms with Crippen molar-refractivity contribution in [1.29, 1.82) is 0 Å². The monoisotopic (exact) mass is 429 g/mol. The first-order valence-corrected chi connectivity index (χ1v) is 8.42. The molecule has 0 aromatic heterocycles. The van der Waals surface area contributed by atoms with Crippen LogP contribution in [0.5, 0.6) is 11.5 Å². The number of likely N-dealkylation sites (tertiary alicyclic amines) is 1. The molecule has 1 spiro atoms. The lowest BCUT2D eigenvalue weighted by atomic mass is 9.51. The predicted octanol–water partition coefficient (Wildman–Crippen LogP) is 2.34. The van der Waals surface area contributed by atoms with Gasteiger partial charge < -0.3 is 19.5 Å².